The topological polar surface area (TPSA) is 91.0 Å². The maximum absolute atomic E-state index is 13.3. The van der Waals surface area contributed by atoms with Crippen molar-refractivity contribution in [3.05, 3.63) is 83.9 Å². The van der Waals surface area contributed by atoms with Crippen molar-refractivity contribution >= 4 is 27.4 Å². The molecule has 2 amide bonds. The van der Waals surface area contributed by atoms with E-state index in [2.05, 4.69) is 10.0 Å². The van der Waals surface area contributed by atoms with Crippen LogP contribution in [0, 0.1) is 0 Å². The second kappa shape index (κ2) is 12.0. The highest BCUT2D eigenvalue weighted by Crippen LogP contribution is 2.30. The van der Waals surface area contributed by atoms with Crippen molar-refractivity contribution in [2.24, 2.45) is 0 Å². The van der Waals surface area contributed by atoms with Crippen molar-refractivity contribution in [3.8, 4) is 5.75 Å². The van der Waals surface area contributed by atoms with Gasteiger partial charge in [0.15, 0.2) is 0 Å². The number of carbonyl (C=O) groups is 1. The number of urea groups is 1. The van der Waals surface area contributed by atoms with Crippen molar-refractivity contribution in [1.82, 2.24) is 10.2 Å². The minimum absolute atomic E-state index is 0.0334. The molecular formula is C28H36N4O4S. The number of nitrogens with one attached hydrogen (secondary N) is 2. The van der Waals surface area contributed by atoms with E-state index in [0.29, 0.717) is 11.4 Å². The lowest BCUT2D eigenvalue weighted by Gasteiger charge is -2.32. The number of hydrogen-bond donors (Lipinski definition) is 2. The number of benzene rings is 3. The number of ether oxygens (including phenoxy) is 1. The van der Waals surface area contributed by atoms with Crippen LogP contribution < -0.4 is 19.7 Å². The summed E-state index contributed by atoms with van der Waals surface area (Å²) in [5.74, 6) is 0.573. The first-order chi connectivity index (χ1) is 17.5. The molecule has 1 atom stereocenters. The van der Waals surface area contributed by atoms with Crippen LogP contribution in [0.15, 0.2) is 77.7 Å². The molecular weight excluding hydrogens is 488 g/mol. The smallest absolute Gasteiger partial charge is 0.318 e. The van der Waals surface area contributed by atoms with Gasteiger partial charge >= 0.3 is 6.03 Å². The second-order valence-corrected chi connectivity index (χ2v) is 11.0. The highest BCUT2D eigenvalue weighted by Gasteiger charge is 2.24. The van der Waals surface area contributed by atoms with Crippen molar-refractivity contribution in [1.29, 1.82) is 0 Å². The van der Waals surface area contributed by atoms with E-state index in [4.69, 9.17) is 4.74 Å². The molecule has 0 radical (unpaired) electrons. The first kappa shape index (κ1) is 27.9. The number of carbonyl (C=O) groups excluding carboxylic acids is 1. The Bertz CT molecular complexity index is 1290. The monoisotopic (exact) mass is 524 g/mol. The Kier molecular flexibility index (Phi) is 9.04. The zero-order valence-electron chi connectivity index (χ0n) is 22.2. The number of methoxy groups -OCH3 is 1. The molecule has 0 aromatic heterocycles. The Balaban J connectivity index is 1.97. The van der Waals surface area contributed by atoms with Crippen molar-refractivity contribution < 1.29 is 17.9 Å². The van der Waals surface area contributed by atoms with Gasteiger partial charge in [-0.05, 0) is 74.4 Å². The average molecular weight is 525 g/mol. The van der Waals surface area contributed by atoms with E-state index in [1.54, 1.807) is 29.2 Å². The molecule has 0 bridgehead atoms. The van der Waals surface area contributed by atoms with E-state index >= 15 is 0 Å². The van der Waals surface area contributed by atoms with E-state index in [1.807, 2.05) is 76.2 Å². The zero-order chi connectivity index (χ0) is 27.2. The van der Waals surface area contributed by atoms with Crippen molar-refractivity contribution in [2.45, 2.75) is 44.3 Å². The molecule has 37 heavy (non-hydrogen) atoms. The van der Waals surface area contributed by atoms with Crippen molar-refractivity contribution in [3.63, 3.8) is 0 Å². The summed E-state index contributed by atoms with van der Waals surface area (Å²) in [5, 5.41) is 3.00. The molecule has 3 rings (SSSR count). The summed E-state index contributed by atoms with van der Waals surface area (Å²) in [6, 6.07) is 20.9. The van der Waals surface area contributed by atoms with Gasteiger partial charge in [0.25, 0.3) is 10.0 Å². The van der Waals surface area contributed by atoms with Gasteiger partial charge in [-0.15, -0.1) is 0 Å². The average Bonchev–Trinajstić information content (AvgIpc) is 2.86. The predicted molar refractivity (Wildman–Crippen MR) is 149 cm³/mol. The van der Waals surface area contributed by atoms with Gasteiger partial charge in [0.05, 0.1) is 24.6 Å². The first-order valence-electron chi connectivity index (χ1n) is 12.1. The van der Waals surface area contributed by atoms with Crippen LogP contribution in [0.1, 0.15) is 37.9 Å². The molecule has 3 aromatic rings. The largest absolute Gasteiger partial charge is 0.497 e. The highest BCUT2D eigenvalue weighted by molar-refractivity contribution is 7.92. The Labute approximate surface area is 220 Å². The van der Waals surface area contributed by atoms with Crippen molar-refractivity contribution in [2.75, 3.05) is 30.8 Å². The Morgan fingerprint density at radius 3 is 2.16 bits per heavy atom. The highest BCUT2D eigenvalue weighted by atomic mass is 32.2. The number of sulfonamides is 1. The van der Waals surface area contributed by atoms with E-state index in [1.165, 1.54) is 19.2 Å². The quantitative estimate of drug-likeness (QED) is 0.378. The number of rotatable bonds is 10. The molecule has 9 heteroatoms. The van der Waals surface area contributed by atoms with Crippen LogP contribution in [0.25, 0.3) is 0 Å². The predicted octanol–water partition coefficient (Wildman–Crippen LogP) is 5.24. The molecule has 0 spiro atoms. The molecule has 3 aromatic carbocycles. The fourth-order valence-corrected chi connectivity index (χ4v) is 5.04. The van der Waals surface area contributed by atoms with Crippen LogP contribution in [0.4, 0.5) is 16.2 Å². The normalized spacial score (nSPS) is 12.1. The fraction of sp³-hybridized carbons (Fsp3) is 0.321. The number of nitrogens with zero attached hydrogens (tertiary/aromatic N) is 2. The molecule has 0 aliphatic heterocycles. The number of amides is 2. The minimum atomic E-state index is -3.82. The number of hydrogen-bond acceptors (Lipinski definition) is 5. The zero-order valence-corrected chi connectivity index (χ0v) is 23.0. The summed E-state index contributed by atoms with van der Waals surface area (Å²) in [6.45, 7) is 6.10. The van der Waals surface area contributed by atoms with Gasteiger partial charge in [0.1, 0.15) is 5.75 Å². The standard InChI is InChI=1S/C28H36N4O4S/c1-20(2)29-28(33)32(21(3)22-10-8-7-9-11-22)19-23-18-24(12-17-27(23)31(4)5)30-37(34,35)26-15-13-25(36-6)14-16-26/h7-18,20-21,30H,19H2,1-6H3,(H,29,33). The minimum Gasteiger partial charge on any atom is -0.497 e. The maximum atomic E-state index is 13.3. The van der Waals surface area contributed by atoms with Gasteiger partial charge in [0, 0.05) is 31.5 Å². The summed E-state index contributed by atoms with van der Waals surface area (Å²) < 4.78 is 33.9. The summed E-state index contributed by atoms with van der Waals surface area (Å²) in [6.07, 6.45) is 0. The van der Waals surface area contributed by atoms with Crippen LogP contribution in [0.5, 0.6) is 5.75 Å². The number of anilines is 2. The third-order valence-electron chi connectivity index (χ3n) is 5.95. The van der Waals surface area contributed by atoms with E-state index in [-0.39, 0.29) is 29.6 Å². The summed E-state index contributed by atoms with van der Waals surface area (Å²) in [4.78, 5) is 17.1. The SMILES string of the molecule is COc1ccc(S(=O)(=O)Nc2ccc(N(C)C)c(CN(C(=O)NC(C)C)C(C)c3ccccc3)c2)cc1. The van der Waals surface area contributed by atoms with Gasteiger partial charge in [0.2, 0.25) is 0 Å². The van der Waals surface area contributed by atoms with Crippen LogP contribution in [0.3, 0.4) is 0 Å². The molecule has 0 saturated heterocycles. The first-order valence-corrected chi connectivity index (χ1v) is 13.6. The Morgan fingerprint density at radius 1 is 0.946 bits per heavy atom. The maximum Gasteiger partial charge on any atom is 0.318 e. The molecule has 198 valence electrons. The van der Waals surface area contributed by atoms with Gasteiger partial charge in [-0.1, -0.05) is 30.3 Å². The molecule has 0 aliphatic carbocycles. The van der Waals surface area contributed by atoms with Crippen LogP contribution in [0.2, 0.25) is 0 Å². The molecule has 2 N–H and O–H groups in total. The van der Waals surface area contributed by atoms with Gasteiger partial charge in [-0.25, -0.2) is 13.2 Å². The van der Waals surface area contributed by atoms with Gasteiger partial charge < -0.3 is 19.9 Å². The van der Waals surface area contributed by atoms with E-state index in [9.17, 15) is 13.2 Å². The molecule has 0 fully saturated rings. The fourth-order valence-electron chi connectivity index (χ4n) is 3.99. The Hall–Kier alpha value is -3.72. The van der Waals surface area contributed by atoms with Gasteiger partial charge in [-0.2, -0.15) is 0 Å². The van der Waals surface area contributed by atoms with E-state index in [0.717, 1.165) is 16.8 Å². The lowest BCUT2D eigenvalue weighted by Crippen LogP contribution is -2.43. The summed E-state index contributed by atoms with van der Waals surface area (Å²) in [5.41, 5.74) is 3.11. The third kappa shape index (κ3) is 7.16. The second-order valence-electron chi connectivity index (χ2n) is 9.34. The Morgan fingerprint density at radius 2 is 1.59 bits per heavy atom. The van der Waals surface area contributed by atoms with Gasteiger partial charge in [-0.3, -0.25) is 4.72 Å². The lowest BCUT2D eigenvalue weighted by atomic mass is 10.0. The summed E-state index contributed by atoms with van der Waals surface area (Å²) in [7, 11) is 1.54. The molecule has 0 aliphatic rings. The molecule has 0 heterocycles. The van der Waals surface area contributed by atoms with Crippen LogP contribution in [-0.2, 0) is 16.6 Å². The van der Waals surface area contributed by atoms with E-state index < -0.39 is 10.0 Å². The van der Waals surface area contributed by atoms with Crippen LogP contribution in [-0.4, -0.2) is 46.6 Å². The molecule has 8 nitrogen and oxygen atoms in total. The molecule has 0 saturated carbocycles. The summed E-state index contributed by atoms with van der Waals surface area (Å²) >= 11 is 0. The molecule has 1 unspecified atom stereocenters. The van der Waals surface area contributed by atoms with Crippen LogP contribution >= 0.6 is 0 Å². The lowest BCUT2D eigenvalue weighted by molar-refractivity contribution is 0.173. The third-order valence-corrected chi connectivity index (χ3v) is 7.34.